The van der Waals surface area contributed by atoms with Gasteiger partial charge in [-0.1, -0.05) is 61.7 Å². The first-order valence-electron chi connectivity index (χ1n) is 12.5. The number of thiazole rings is 1. The van der Waals surface area contributed by atoms with Gasteiger partial charge in [0.2, 0.25) is 5.91 Å². The summed E-state index contributed by atoms with van der Waals surface area (Å²) >= 11 is 1.39. The maximum absolute atomic E-state index is 12.6. The number of ether oxygens (including phenoxy) is 1. The molecule has 3 aromatic rings. The average Bonchev–Trinajstić information content (AvgIpc) is 3.38. The molecule has 1 heterocycles. The fourth-order valence-electron chi connectivity index (χ4n) is 4.46. The lowest BCUT2D eigenvalue weighted by atomic mass is 9.88. The first-order chi connectivity index (χ1) is 17.5. The summed E-state index contributed by atoms with van der Waals surface area (Å²) in [5.74, 6) is 0.145. The molecule has 1 amide bonds. The molecule has 4 rings (SSSR count). The second kappa shape index (κ2) is 12.5. The van der Waals surface area contributed by atoms with Crippen molar-refractivity contribution in [1.29, 1.82) is 0 Å². The largest absolute Gasteiger partial charge is 0.492 e. The number of carbonyl (C=O) groups is 2. The van der Waals surface area contributed by atoms with Crippen LogP contribution >= 0.6 is 11.3 Å². The molecule has 2 aromatic carbocycles. The number of nitrogens with one attached hydrogen (secondary N) is 1. The highest BCUT2D eigenvalue weighted by Crippen LogP contribution is 2.26. The van der Waals surface area contributed by atoms with Crippen molar-refractivity contribution < 1.29 is 19.4 Å². The van der Waals surface area contributed by atoms with Crippen LogP contribution < -0.4 is 10.1 Å². The van der Waals surface area contributed by atoms with Gasteiger partial charge in [0, 0.05) is 30.3 Å². The summed E-state index contributed by atoms with van der Waals surface area (Å²) in [6.07, 6.45) is 5.82. The van der Waals surface area contributed by atoms with Crippen molar-refractivity contribution in [2.24, 2.45) is 5.92 Å². The number of carboxylic acids is 1. The average molecular weight is 508 g/mol. The van der Waals surface area contributed by atoms with E-state index in [0.29, 0.717) is 30.5 Å². The maximum atomic E-state index is 12.6. The lowest BCUT2D eigenvalue weighted by Crippen LogP contribution is -2.36. The molecule has 36 heavy (non-hydrogen) atoms. The zero-order valence-corrected chi connectivity index (χ0v) is 21.4. The standard InChI is InChI=1S/C28H33N3O4S/c1-31(26(32)22-10-6-3-7-11-22)16-17-35-23-14-12-20(13-15-23)18-24(27(33)34)29-28-30-25(19-36-28)21-8-4-2-5-9-21/h2,4-5,8-9,12-15,19,22,24H,3,6-7,10-11,16-18H2,1H3,(H,29,30)(H,33,34). The first kappa shape index (κ1) is 25.7. The van der Waals surface area contributed by atoms with Crippen LogP contribution in [0.3, 0.4) is 0 Å². The highest BCUT2D eigenvalue weighted by molar-refractivity contribution is 7.14. The van der Waals surface area contributed by atoms with E-state index in [1.165, 1.54) is 17.8 Å². The van der Waals surface area contributed by atoms with E-state index in [-0.39, 0.29) is 11.8 Å². The highest BCUT2D eigenvalue weighted by Gasteiger charge is 2.24. The lowest BCUT2D eigenvalue weighted by molar-refractivity contribution is -0.138. The number of likely N-dealkylation sites (N-methyl/N-ethyl adjacent to an activating group) is 1. The van der Waals surface area contributed by atoms with Crippen LogP contribution in [0.5, 0.6) is 5.75 Å². The summed E-state index contributed by atoms with van der Waals surface area (Å²) < 4.78 is 5.83. The maximum Gasteiger partial charge on any atom is 0.326 e. The fourth-order valence-corrected chi connectivity index (χ4v) is 5.23. The normalized spacial score (nSPS) is 14.7. The summed E-state index contributed by atoms with van der Waals surface area (Å²) in [6, 6.07) is 16.4. The zero-order valence-electron chi connectivity index (χ0n) is 20.6. The third-order valence-corrected chi connectivity index (χ3v) is 7.33. The van der Waals surface area contributed by atoms with Crippen molar-refractivity contribution in [1.82, 2.24) is 9.88 Å². The van der Waals surface area contributed by atoms with Gasteiger partial charge >= 0.3 is 5.97 Å². The number of nitrogens with zero attached hydrogens (tertiary/aromatic N) is 2. The minimum absolute atomic E-state index is 0.160. The third-order valence-electron chi connectivity index (χ3n) is 6.56. The predicted molar refractivity (Wildman–Crippen MR) is 142 cm³/mol. The van der Waals surface area contributed by atoms with E-state index in [9.17, 15) is 14.7 Å². The highest BCUT2D eigenvalue weighted by atomic mass is 32.1. The molecular weight excluding hydrogens is 474 g/mol. The molecule has 1 fully saturated rings. The Labute approximate surface area is 216 Å². The Bertz CT molecular complexity index is 1130. The van der Waals surface area contributed by atoms with E-state index in [2.05, 4.69) is 10.3 Å². The van der Waals surface area contributed by atoms with Crippen molar-refractivity contribution >= 4 is 28.3 Å². The van der Waals surface area contributed by atoms with E-state index in [1.54, 1.807) is 4.90 Å². The Balaban J connectivity index is 1.26. The van der Waals surface area contributed by atoms with E-state index < -0.39 is 12.0 Å². The minimum Gasteiger partial charge on any atom is -0.492 e. The molecule has 1 aliphatic rings. The fraction of sp³-hybridized carbons (Fsp3) is 0.393. The molecule has 0 spiro atoms. The number of carbonyl (C=O) groups excluding carboxylic acids is 1. The van der Waals surface area contributed by atoms with Crippen LogP contribution in [-0.2, 0) is 16.0 Å². The molecule has 1 saturated carbocycles. The molecule has 0 radical (unpaired) electrons. The Morgan fingerprint density at radius 2 is 1.83 bits per heavy atom. The van der Waals surface area contributed by atoms with Crippen LogP contribution in [0, 0.1) is 5.92 Å². The molecule has 1 aliphatic carbocycles. The van der Waals surface area contributed by atoms with Crippen LogP contribution in [-0.4, -0.2) is 53.1 Å². The van der Waals surface area contributed by atoms with Gasteiger partial charge in [-0.3, -0.25) is 4.79 Å². The van der Waals surface area contributed by atoms with Gasteiger partial charge in [0.1, 0.15) is 18.4 Å². The van der Waals surface area contributed by atoms with Gasteiger partial charge in [0.05, 0.1) is 12.2 Å². The molecule has 0 aliphatic heterocycles. The molecule has 7 nitrogen and oxygen atoms in total. The van der Waals surface area contributed by atoms with Gasteiger partial charge in [-0.2, -0.15) is 0 Å². The van der Waals surface area contributed by atoms with Gasteiger partial charge in [-0.05, 0) is 30.5 Å². The van der Waals surface area contributed by atoms with E-state index in [1.807, 2.05) is 67.0 Å². The van der Waals surface area contributed by atoms with E-state index >= 15 is 0 Å². The summed E-state index contributed by atoms with van der Waals surface area (Å²) in [5.41, 5.74) is 2.69. The van der Waals surface area contributed by atoms with Crippen molar-refractivity contribution in [2.45, 2.75) is 44.6 Å². The number of aliphatic carboxylic acids is 1. The summed E-state index contributed by atoms with van der Waals surface area (Å²) in [6.45, 7) is 0.961. The molecule has 8 heteroatoms. The van der Waals surface area contributed by atoms with E-state index in [4.69, 9.17) is 4.74 Å². The zero-order chi connectivity index (χ0) is 25.3. The van der Waals surface area contributed by atoms with E-state index in [0.717, 1.165) is 42.5 Å². The second-order valence-electron chi connectivity index (χ2n) is 9.23. The first-order valence-corrected chi connectivity index (χ1v) is 13.3. The number of aromatic nitrogens is 1. The van der Waals surface area contributed by atoms with Crippen LogP contribution in [0.25, 0.3) is 11.3 Å². The molecule has 1 aromatic heterocycles. The minimum atomic E-state index is -0.933. The Morgan fingerprint density at radius 1 is 1.11 bits per heavy atom. The number of amides is 1. The molecule has 190 valence electrons. The predicted octanol–water partition coefficient (Wildman–Crippen LogP) is 5.34. The Kier molecular flexibility index (Phi) is 8.95. The molecule has 0 saturated heterocycles. The van der Waals surface area contributed by atoms with Gasteiger partial charge in [0.25, 0.3) is 0 Å². The number of hydrogen-bond acceptors (Lipinski definition) is 6. The number of hydrogen-bond donors (Lipinski definition) is 2. The SMILES string of the molecule is CN(CCOc1ccc(CC(Nc2nc(-c3ccccc3)cs2)C(=O)O)cc1)C(=O)C1CCCCC1. The van der Waals surface area contributed by atoms with Crippen LogP contribution in [0.1, 0.15) is 37.7 Å². The van der Waals surface area contributed by atoms with Gasteiger partial charge in [-0.25, -0.2) is 9.78 Å². The number of rotatable bonds is 11. The van der Waals surface area contributed by atoms with Crippen molar-refractivity contribution in [3.05, 3.63) is 65.5 Å². The Hall–Kier alpha value is -3.39. The van der Waals surface area contributed by atoms with Crippen molar-refractivity contribution in [2.75, 3.05) is 25.5 Å². The molecule has 2 N–H and O–H groups in total. The van der Waals surface area contributed by atoms with Crippen LogP contribution in [0.4, 0.5) is 5.13 Å². The number of carboxylic acid groups (broad SMARTS) is 1. The smallest absolute Gasteiger partial charge is 0.326 e. The monoisotopic (exact) mass is 507 g/mol. The van der Waals surface area contributed by atoms with Gasteiger partial charge < -0.3 is 20.1 Å². The lowest BCUT2D eigenvalue weighted by Gasteiger charge is -2.26. The number of benzene rings is 2. The van der Waals surface area contributed by atoms with Crippen LogP contribution in [0.2, 0.25) is 0 Å². The Morgan fingerprint density at radius 3 is 2.53 bits per heavy atom. The van der Waals surface area contributed by atoms with Gasteiger partial charge in [-0.15, -0.1) is 11.3 Å². The quantitative estimate of drug-likeness (QED) is 0.364. The molecular formula is C28H33N3O4S. The third kappa shape index (κ3) is 7.07. The molecule has 1 atom stereocenters. The topological polar surface area (TPSA) is 91.8 Å². The van der Waals surface area contributed by atoms with Gasteiger partial charge in [0.15, 0.2) is 5.13 Å². The van der Waals surface area contributed by atoms with Crippen molar-refractivity contribution in [3.63, 3.8) is 0 Å². The summed E-state index contributed by atoms with van der Waals surface area (Å²) in [7, 11) is 1.84. The summed E-state index contributed by atoms with van der Waals surface area (Å²) in [5, 5.41) is 15.3. The molecule has 1 unspecified atom stereocenters. The number of anilines is 1. The van der Waals surface area contributed by atoms with Crippen LogP contribution in [0.15, 0.2) is 60.0 Å². The summed E-state index contributed by atoms with van der Waals surface area (Å²) in [4.78, 5) is 30.8. The molecule has 0 bridgehead atoms. The second-order valence-corrected chi connectivity index (χ2v) is 10.1. The van der Waals surface area contributed by atoms with Crippen molar-refractivity contribution in [3.8, 4) is 17.0 Å².